The van der Waals surface area contributed by atoms with Crippen LogP contribution in [0, 0.1) is 13.8 Å². The monoisotopic (exact) mass is 267 g/mol. The molecular formula is C13H21N3O3. The molecule has 6 nitrogen and oxygen atoms in total. The minimum atomic E-state index is -0.898. The van der Waals surface area contributed by atoms with E-state index in [1.807, 2.05) is 26.8 Å². The van der Waals surface area contributed by atoms with E-state index in [1.54, 1.807) is 4.68 Å². The first-order valence-electron chi connectivity index (χ1n) is 6.44. The summed E-state index contributed by atoms with van der Waals surface area (Å²) >= 11 is 0. The van der Waals surface area contributed by atoms with E-state index in [9.17, 15) is 9.59 Å². The number of carboxylic acids is 1. The highest BCUT2D eigenvalue weighted by Gasteiger charge is 2.16. The zero-order chi connectivity index (χ0) is 14.4. The van der Waals surface area contributed by atoms with E-state index < -0.39 is 5.97 Å². The van der Waals surface area contributed by atoms with Gasteiger partial charge in [0.15, 0.2) is 0 Å². The molecule has 1 rings (SSSR count). The van der Waals surface area contributed by atoms with Gasteiger partial charge in [-0.05, 0) is 26.3 Å². The molecule has 1 aromatic rings. The van der Waals surface area contributed by atoms with Crippen molar-refractivity contribution in [2.24, 2.45) is 0 Å². The molecule has 0 radical (unpaired) electrons. The Hall–Kier alpha value is -1.85. The van der Waals surface area contributed by atoms with Crippen LogP contribution < -0.4 is 5.32 Å². The fourth-order valence-corrected chi connectivity index (χ4v) is 2.03. The molecule has 2 N–H and O–H groups in total. The third-order valence-electron chi connectivity index (χ3n) is 2.82. The van der Waals surface area contributed by atoms with Gasteiger partial charge in [-0.3, -0.25) is 14.3 Å². The Morgan fingerprint density at radius 3 is 2.63 bits per heavy atom. The Bertz CT molecular complexity index is 454. The first kappa shape index (κ1) is 15.2. The fraction of sp³-hybridized carbons (Fsp3) is 0.615. The zero-order valence-corrected chi connectivity index (χ0v) is 11.6. The highest BCUT2D eigenvalue weighted by Crippen LogP contribution is 2.04. The quantitative estimate of drug-likeness (QED) is 0.779. The summed E-state index contributed by atoms with van der Waals surface area (Å²) in [6.45, 7) is 5.83. The Morgan fingerprint density at radius 1 is 1.47 bits per heavy atom. The van der Waals surface area contributed by atoms with E-state index in [2.05, 4.69) is 10.4 Å². The number of aromatic nitrogens is 2. The second kappa shape index (κ2) is 6.92. The average molecular weight is 267 g/mol. The second-order valence-electron chi connectivity index (χ2n) is 4.74. The molecular weight excluding hydrogens is 246 g/mol. The molecule has 6 heteroatoms. The normalized spacial score (nSPS) is 12.2. The van der Waals surface area contributed by atoms with Crippen molar-refractivity contribution in [1.29, 1.82) is 0 Å². The van der Waals surface area contributed by atoms with Crippen LogP contribution in [-0.4, -0.2) is 32.8 Å². The van der Waals surface area contributed by atoms with Gasteiger partial charge in [-0.1, -0.05) is 13.3 Å². The summed E-state index contributed by atoms with van der Waals surface area (Å²) in [6.07, 6.45) is 1.45. The molecule has 106 valence electrons. The molecule has 19 heavy (non-hydrogen) atoms. The lowest BCUT2D eigenvalue weighted by molar-refractivity contribution is -0.137. The van der Waals surface area contributed by atoms with E-state index in [0.717, 1.165) is 17.8 Å². The number of hydrogen-bond donors (Lipinski definition) is 2. The van der Waals surface area contributed by atoms with E-state index in [1.165, 1.54) is 0 Å². The fourth-order valence-electron chi connectivity index (χ4n) is 2.03. The van der Waals surface area contributed by atoms with Crippen LogP contribution in [-0.2, 0) is 16.1 Å². The van der Waals surface area contributed by atoms with Gasteiger partial charge in [-0.2, -0.15) is 5.10 Å². The molecule has 0 aliphatic heterocycles. The lowest BCUT2D eigenvalue weighted by atomic mass is 10.1. The lowest BCUT2D eigenvalue weighted by Crippen LogP contribution is -2.38. The highest BCUT2D eigenvalue weighted by atomic mass is 16.4. The molecule has 1 amide bonds. The number of nitrogens with zero attached hydrogens (tertiary/aromatic N) is 2. The Kier molecular flexibility index (Phi) is 5.54. The number of carboxylic acid groups (broad SMARTS) is 1. The molecule has 1 heterocycles. The van der Waals surface area contributed by atoms with Crippen molar-refractivity contribution in [2.45, 2.75) is 52.6 Å². The smallest absolute Gasteiger partial charge is 0.305 e. The standard InChI is InChI=1S/C13H21N3O3/c1-4-5-11(7-13(18)19)14-12(17)8-16-10(3)6-9(2)15-16/h6,11H,4-5,7-8H2,1-3H3,(H,14,17)(H,18,19). The van der Waals surface area contributed by atoms with Crippen LogP contribution in [0.4, 0.5) is 0 Å². The van der Waals surface area contributed by atoms with Gasteiger partial charge in [-0.15, -0.1) is 0 Å². The molecule has 1 unspecified atom stereocenters. The van der Waals surface area contributed by atoms with Crippen LogP contribution in [0.3, 0.4) is 0 Å². The number of aryl methyl sites for hydroxylation is 2. The van der Waals surface area contributed by atoms with Gasteiger partial charge >= 0.3 is 5.97 Å². The van der Waals surface area contributed by atoms with Crippen molar-refractivity contribution in [2.75, 3.05) is 0 Å². The summed E-state index contributed by atoms with van der Waals surface area (Å²) in [5.74, 6) is -1.10. The van der Waals surface area contributed by atoms with Gasteiger partial charge in [-0.25, -0.2) is 0 Å². The van der Waals surface area contributed by atoms with Crippen LogP contribution >= 0.6 is 0 Å². The number of carbonyl (C=O) groups excluding carboxylic acids is 1. The molecule has 0 fully saturated rings. The summed E-state index contributed by atoms with van der Waals surface area (Å²) in [4.78, 5) is 22.6. The molecule has 0 spiro atoms. The molecule has 0 aliphatic rings. The van der Waals surface area contributed by atoms with Crippen LogP contribution in [0.2, 0.25) is 0 Å². The molecule has 0 aromatic carbocycles. The molecule has 1 atom stereocenters. The number of amides is 1. The van der Waals surface area contributed by atoms with Crippen molar-refractivity contribution in [3.05, 3.63) is 17.5 Å². The summed E-state index contributed by atoms with van der Waals surface area (Å²) < 4.78 is 1.62. The minimum absolute atomic E-state index is 0.0449. The predicted molar refractivity (Wildman–Crippen MR) is 70.8 cm³/mol. The first-order valence-corrected chi connectivity index (χ1v) is 6.44. The zero-order valence-electron chi connectivity index (χ0n) is 11.6. The van der Waals surface area contributed by atoms with Crippen LogP contribution in [0.5, 0.6) is 0 Å². The summed E-state index contributed by atoms with van der Waals surface area (Å²) in [5, 5.41) is 15.7. The molecule has 0 aliphatic carbocycles. The van der Waals surface area contributed by atoms with Gasteiger partial charge < -0.3 is 10.4 Å². The number of nitrogens with one attached hydrogen (secondary N) is 1. The van der Waals surface area contributed by atoms with Crippen LogP contribution in [0.1, 0.15) is 37.6 Å². The SMILES string of the molecule is CCCC(CC(=O)O)NC(=O)Cn1nc(C)cc1C. The summed E-state index contributed by atoms with van der Waals surface area (Å²) in [5.41, 5.74) is 1.78. The van der Waals surface area contributed by atoms with E-state index >= 15 is 0 Å². The summed E-state index contributed by atoms with van der Waals surface area (Å²) in [6, 6.07) is 1.58. The van der Waals surface area contributed by atoms with Crippen LogP contribution in [0.15, 0.2) is 6.07 Å². The van der Waals surface area contributed by atoms with E-state index in [4.69, 9.17) is 5.11 Å². The van der Waals surface area contributed by atoms with Gasteiger partial charge in [0.25, 0.3) is 0 Å². The Balaban J connectivity index is 2.57. The van der Waals surface area contributed by atoms with Gasteiger partial charge in [0.1, 0.15) is 6.54 Å². The van der Waals surface area contributed by atoms with Crippen molar-refractivity contribution >= 4 is 11.9 Å². The van der Waals surface area contributed by atoms with Crippen molar-refractivity contribution in [3.63, 3.8) is 0 Å². The van der Waals surface area contributed by atoms with Gasteiger partial charge in [0, 0.05) is 11.7 Å². The lowest BCUT2D eigenvalue weighted by Gasteiger charge is -2.16. The molecule has 0 saturated carbocycles. The predicted octanol–water partition coefficient (Wildman–Crippen LogP) is 1.26. The highest BCUT2D eigenvalue weighted by molar-refractivity contribution is 5.77. The van der Waals surface area contributed by atoms with Crippen molar-refractivity contribution < 1.29 is 14.7 Å². The number of hydrogen-bond acceptors (Lipinski definition) is 3. The summed E-state index contributed by atoms with van der Waals surface area (Å²) in [7, 11) is 0. The number of aliphatic carboxylic acids is 1. The van der Waals surface area contributed by atoms with E-state index in [-0.39, 0.29) is 24.9 Å². The van der Waals surface area contributed by atoms with Gasteiger partial charge in [0.2, 0.25) is 5.91 Å². The van der Waals surface area contributed by atoms with Gasteiger partial charge in [0.05, 0.1) is 12.1 Å². The molecule has 0 saturated heterocycles. The van der Waals surface area contributed by atoms with Crippen molar-refractivity contribution in [1.82, 2.24) is 15.1 Å². The topological polar surface area (TPSA) is 84.2 Å². The minimum Gasteiger partial charge on any atom is -0.481 e. The third-order valence-corrected chi connectivity index (χ3v) is 2.82. The molecule has 0 bridgehead atoms. The average Bonchev–Trinajstić information content (AvgIpc) is 2.56. The second-order valence-corrected chi connectivity index (χ2v) is 4.74. The maximum absolute atomic E-state index is 11.9. The number of carbonyl (C=O) groups is 2. The first-order chi connectivity index (χ1) is 8.92. The number of rotatable bonds is 7. The third kappa shape index (κ3) is 5.11. The maximum Gasteiger partial charge on any atom is 0.305 e. The Labute approximate surface area is 112 Å². The largest absolute Gasteiger partial charge is 0.481 e. The Morgan fingerprint density at radius 2 is 2.16 bits per heavy atom. The maximum atomic E-state index is 11.9. The van der Waals surface area contributed by atoms with Crippen molar-refractivity contribution in [3.8, 4) is 0 Å². The van der Waals surface area contributed by atoms with Crippen LogP contribution in [0.25, 0.3) is 0 Å². The molecule has 1 aromatic heterocycles. The van der Waals surface area contributed by atoms with E-state index in [0.29, 0.717) is 6.42 Å².